The summed E-state index contributed by atoms with van der Waals surface area (Å²) in [5, 5.41) is 14.0. The van der Waals surface area contributed by atoms with E-state index in [2.05, 4.69) is 20.8 Å². The zero-order chi connectivity index (χ0) is 7.40. The lowest BCUT2D eigenvalue weighted by Crippen LogP contribution is -2.13. The molecule has 0 saturated carbocycles. The Bertz CT molecular complexity index is 194. The monoisotopic (exact) mass is 141 g/mol. The van der Waals surface area contributed by atoms with Crippen molar-refractivity contribution in [2.75, 3.05) is 13.6 Å². The topological polar surface area (TPSA) is 55.6 Å². The molecule has 0 atom stereocenters. The number of tetrazole rings is 1. The molecule has 5 nitrogen and oxygen atoms in total. The minimum Gasteiger partial charge on any atom is -0.319 e. The van der Waals surface area contributed by atoms with E-state index in [4.69, 9.17) is 0 Å². The molecule has 1 aromatic heterocycles. The maximum atomic E-state index is 3.82. The molecule has 0 spiro atoms. The Morgan fingerprint density at radius 3 is 2.90 bits per heavy atom. The standard InChI is InChI=1S/C5H11N5/c1-6-4-3-5-7-8-9-10(5)2/h6H,3-4H2,1-2H3. The Kier molecular flexibility index (Phi) is 2.33. The lowest BCUT2D eigenvalue weighted by atomic mass is 10.4. The molecular formula is C5H11N5. The van der Waals surface area contributed by atoms with Crippen molar-refractivity contribution in [1.29, 1.82) is 0 Å². The number of hydrogen-bond donors (Lipinski definition) is 1. The van der Waals surface area contributed by atoms with Gasteiger partial charge in [0.2, 0.25) is 0 Å². The zero-order valence-electron chi connectivity index (χ0n) is 6.20. The Balaban J connectivity index is 2.49. The molecule has 0 fully saturated rings. The van der Waals surface area contributed by atoms with Crippen LogP contribution in [0.15, 0.2) is 0 Å². The molecule has 1 N–H and O–H groups in total. The molecule has 0 amide bonds. The third kappa shape index (κ3) is 1.51. The van der Waals surface area contributed by atoms with E-state index in [9.17, 15) is 0 Å². The number of aryl methyl sites for hydroxylation is 1. The maximum absolute atomic E-state index is 3.82. The van der Waals surface area contributed by atoms with Gasteiger partial charge in [0.1, 0.15) is 0 Å². The molecule has 10 heavy (non-hydrogen) atoms. The van der Waals surface area contributed by atoms with E-state index in [1.54, 1.807) is 4.68 Å². The van der Waals surface area contributed by atoms with Gasteiger partial charge in [0.15, 0.2) is 5.82 Å². The van der Waals surface area contributed by atoms with Crippen LogP contribution in [0.2, 0.25) is 0 Å². The SMILES string of the molecule is CNCCc1nnnn1C. The second-order valence-electron chi connectivity index (χ2n) is 2.07. The number of likely N-dealkylation sites (N-methyl/N-ethyl adjacent to an activating group) is 1. The quantitative estimate of drug-likeness (QED) is 0.585. The number of nitrogens with zero attached hydrogens (tertiary/aromatic N) is 4. The van der Waals surface area contributed by atoms with E-state index in [1.165, 1.54) is 0 Å². The molecule has 0 bridgehead atoms. The van der Waals surface area contributed by atoms with E-state index >= 15 is 0 Å². The van der Waals surface area contributed by atoms with Gasteiger partial charge >= 0.3 is 0 Å². The average Bonchev–Trinajstić information content (AvgIpc) is 2.31. The summed E-state index contributed by atoms with van der Waals surface area (Å²) >= 11 is 0. The first-order chi connectivity index (χ1) is 4.84. The summed E-state index contributed by atoms with van der Waals surface area (Å²) in [6, 6.07) is 0. The lowest BCUT2D eigenvalue weighted by molar-refractivity contribution is 0.658. The minimum atomic E-state index is 0.875. The molecule has 0 unspecified atom stereocenters. The molecule has 0 aliphatic heterocycles. The predicted octanol–water partition coefficient (Wildman–Crippen LogP) is -1.03. The van der Waals surface area contributed by atoms with Crippen molar-refractivity contribution >= 4 is 0 Å². The number of hydrogen-bond acceptors (Lipinski definition) is 4. The van der Waals surface area contributed by atoms with Crippen LogP contribution in [-0.2, 0) is 13.5 Å². The predicted molar refractivity (Wildman–Crippen MR) is 36.4 cm³/mol. The number of nitrogens with one attached hydrogen (secondary N) is 1. The normalized spacial score (nSPS) is 10.2. The maximum Gasteiger partial charge on any atom is 0.152 e. The van der Waals surface area contributed by atoms with Crippen LogP contribution in [0.4, 0.5) is 0 Å². The van der Waals surface area contributed by atoms with Gasteiger partial charge in [0, 0.05) is 20.0 Å². The first-order valence-corrected chi connectivity index (χ1v) is 3.20. The first-order valence-electron chi connectivity index (χ1n) is 3.20. The van der Waals surface area contributed by atoms with Gasteiger partial charge in [-0.3, -0.25) is 0 Å². The largest absolute Gasteiger partial charge is 0.319 e. The van der Waals surface area contributed by atoms with Crippen LogP contribution >= 0.6 is 0 Å². The van der Waals surface area contributed by atoms with Crippen LogP contribution in [0, 0.1) is 0 Å². The molecule has 5 heteroatoms. The molecule has 0 radical (unpaired) electrons. The van der Waals surface area contributed by atoms with E-state index < -0.39 is 0 Å². The van der Waals surface area contributed by atoms with Crippen LogP contribution in [0.25, 0.3) is 0 Å². The number of aromatic nitrogens is 4. The van der Waals surface area contributed by atoms with Gasteiger partial charge in [0.05, 0.1) is 0 Å². The van der Waals surface area contributed by atoms with Gasteiger partial charge in [-0.2, -0.15) is 0 Å². The van der Waals surface area contributed by atoms with Crippen molar-refractivity contribution < 1.29 is 0 Å². The van der Waals surface area contributed by atoms with Crippen molar-refractivity contribution in [3.8, 4) is 0 Å². The fourth-order valence-electron chi connectivity index (χ4n) is 0.697. The van der Waals surface area contributed by atoms with Gasteiger partial charge in [-0.1, -0.05) is 0 Å². The van der Waals surface area contributed by atoms with Crippen molar-refractivity contribution in [2.24, 2.45) is 7.05 Å². The van der Waals surface area contributed by atoms with Gasteiger partial charge in [0.25, 0.3) is 0 Å². The van der Waals surface area contributed by atoms with Gasteiger partial charge < -0.3 is 5.32 Å². The third-order valence-electron chi connectivity index (χ3n) is 1.31. The highest BCUT2D eigenvalue weighted by molar-refractivity contribution is 4.79. The Morgan fingerprint density at radius 2 is 2.40 bits per heavy atom. The van der Waals surface area contributed by atoms with E-state index in [1.807, 2.05) is 14.1 Å². The zero-order valence-corrected chi connectivity index (χ0v) is 6.20. The van der Waals surface area contributed by atoms with Crippen LogP contribution in [0.5, 0.6) is 0 Å². The van der Waals surface area contributed by atoms with Gasteiger partial charge in [-0.05, 0) is 17.5 Å². The molecule has 0 aliphatic rings. The summed E-state index contributed by atoms with van der Waals surface area (Å²) in [6.07, 6.45) is 0.875. The molecule has 1 heterocycles. The molecule has 1 rings (SSSR count). The Labute approximate surface area is 59.4 Å². The van der Waals surface area contributed by atoms with E-state index in [0.29, 0.717) is 0 Å². The van der Waals surface area contributed by atoms with Crippen LogP contribution in [0.1, 0.15) is 5.82 Å². The molecular weight excluding hydrogens is 130 g/mol. The fourth-order valence-corrected chi connectivity index (χ4v) is 0.697. The average molecular weight is 141 g/mol. The van der Waals surface area contributed by atoms with Crippen LogP contribution in [-0.4, -0.2) is 33.8 Å². The second kappa shape index (κ2) is 3.26. The highest BCUT2D eigenvalue weighted by Gasteiger charge is 1.98. The smallest absolute Gasteiger partial charge is 0.152 e. The molecule has 0 saturated heterocycles. The van der Waals surface area contributed by atoms with Gasteiger partial charge in [-0.25, -0.2) is 4.68 Å². The first kappa shape index (κ1) is 7.14. The summed E-state index contributed by atoms with van der Waals surface area (Å²) in [6.45, 7) is 0.911. The summed E-state index contributed by atoms with van der Waals surface area (Å²) in [5.74, 6) is 0.911. The summed E-state index contributed by atoms with van der Waals surface area (Å²) in [5.41, 5.74) is 0. The molecule has 0 aliphatic carbocycles. The minimum absolute atomic E-state index is 0.875. The highest BCUT2D eigenvalue weighted by atomic mass is 15.5. The number of rotatable bonds is 3. The lowest BCUT2D eigenvalue weighted by Gasteiger charge is -1.95. The third-order valence-corrected chi connectivity index (χ3v) is 1.31. The van der Waals surface area contributed by atoms with Crippen LogP contribution < -0.4 is 5.32 Å². The Hall–Kier alpha value is -0.970. The summed E-state index contributed by atoms with van der Waals surface area (Å²) < 4.78 is 1.68. The Morgan fingerprint density at radius 1 is 1.60 bits per heavy atom. The van der Waals surface area contributed by atoms with E-state index in [0.717, 1.165) is 18.8 Å². The molecule has 1 aromatic rings. The molecule has 0 aromatic carbocycles. The van der Waals surface area contributed by atoms with Crippen LogP contribution in [0.3, 0.4) is 0 Å². The highest BCUT2D eigenvalue weighted by Crippen LogP contribution is 1.87. The molecule has 56 valence electrons. The van der Waals surface area contributed by atoms with Crippen molar-refractivity contribution in [2.45, 2.75) is 6.42 Å². The summed E-state index contributed by atoms with van der Waals surface area (Å²) in [4.78, 5) is 0. The van der Waals surface area contributed by atoms with Crippen molar-refractivity contribution in [3.63, 3.8) is 0 Å². The second-order valence-corrected chi connectivity index (χ2v) is 2.07. The van der Waals surface area contributed by atoms with E-state index in [-0.39, 0.29) is 0 Å². The summed E-state index contributed by atoms with van der Waals surface area (Å²) in [7, 11) is 3.74. The van der Waals surface area contributed by atoms with Crippen molar-refractivity contribution in [3.05, 3.63) is 5.82 Å². The fraction of sp³-hybridized carbons (Fsp3) is 0.800. The van der Waals surface area contributed by atoms with Gasteiger partial charge in [-0.15, -0.1) is 5.10 Å². The van der Waals surface area contributed by atoms with Crippen molar-refractivity contribution in [1.82, 2.24) is 25.5 Å².